The van der Waals surface area contributed by atoms with Gasteiger partial charge in [0.15, 0.2) is 0 Å². The zero-order chi connectivity index (χ0) is 22.2. The lowest BCUT2D eigenvalue weighted by atomic mass is 9.87. The molecule has 0 aliphatic carbocycles. The van der Waals surface area contributed by atoms with E-state index < -0.39 is 42.8 Å². The van der Waals surface area contributed by atoms with Crippen LogP contribution >= 0.6 is 0 Å². The first-order valence-electron chi connectivity index (χ1n) is 12.1. The van der Waals surface area contributed by atoms with Crippen LogP contribution < -0.4 is 5.73 Å². The fourth-order valence-electron chi connectivity index (χ4n) is 4.17. The summed E-state index contributed by atoms with van der Waals surface area (Å²) in [6, 6.07) is 0. The molecule has 0 spiro atoms. The number of hydrogen-bond donors (Lipinski definition) is 4. The summed E-state index contributed by atoms with van der Waals surface area (Å²) in [5, 5.41) is 29.1. The number of nitrogens with two attached hydrogens (primary N) is 1. The van der Waals surface area contributed by atoms with Gasteiger partial charge in [0.1, 0.15) is 12.2 Å². The Hall–Kier alpha value is -0.950. The number of aliphatic hydroxyl groups excluding tert-OH is 3. The number of amides is 1. The summed E-state index contributed by atoms with van der Waals surface area (Å²) in [5.74, 6) is -0.948. The summed E-state index contributed by atoms with van der Waals surface area (Å²) >= 11 is 0. The summed E-state index contributed by atoms with van der Waals surface area (Å²) in [4.78, 5) is 11.9. The molecular formula is C24H45NO5. The lowest BCUT2D eigenvalue weighted by Crippen LogP contribution is -2.53. The van der Waals surface area contributed by atoms with Crippen LogP contribution in [-0.2, 0) is 9.53 Å². The van der Waals surface area contributed by atoms with Crippen molar-refractivity contribution >= 4 is 5.91 Å². The SMILES string of the molecule is CCCCCCCC/C=C\CCCCCCC(C(N)=O)C1C[C@@H](O)[C@H](O)[C@@H](CO)O1. The van der Waals surface area contributed by atoms with E-state index in [1.165, 1.54) is 44.9 Å². The molecule has 5 N–H and O–H groups in total. The quantitative estimate of drug-likeness (QED) is 0.209. The first kappa shape index (κ1) is 27.1. The molecule has 30 heavy (non-hydrogen) atoms. The maximum atomic E-state index is 11.9. The third kappa shape index (κ3) is 10.9. The van der Waals surface area contributed by atoms with Crippen LogP contribution in [0.1, 0.15) is 96.8 Å². The predicted molar refractivity (Wildman–Crippen MR) is 120 cm³/mol. The monoisotopic (exact) mass is 427 g/mol. The van der Waals surface area contributed by atoms with Gasteiger partial charge in [-0.2, -0.15) is 0 Å². The Balaban J connectivity index is 2.13. The minimum Gasteiger partial charge on any atom is -0.394 e. The number of primary amides is 1. The van der Waals surface area contributed by atoms with Crippen molar-refractivity contribution in [3.8, 4) is 0 Å². The number of ether oxygens (including phenoxy) is 1. The van der Waals surface area contributed by atoms with Gasteiger partial charge < -0.3 is 25.8 Å². The molecule has 1 heterocycles. The Labute approximate surface area is 182 Å². The van der Waals surface area contributed by atoms with Crippen molar-refractivity contribution in [3.05, 3.63) is 12.2 Å². The molecule has 5 atom stereocenters. The molecule has 1 rings (SSSR count). The average Bonchev–Trinajstić information content (AvgIpc) is 2.72. The van der Waals surface area contributed by atoms with E-state index in [4.69, 9.17) is 10.5 Å². The van der Waals surface area contributed by atoms with Gasteiger partial charge in [-0.1, -0.05) is 70.4 Å². The summed E-state index contributed by atoms with van der Waals surface area (Å²) in [6.07, 6.45) is 16.3. The minimum absolute atomic E-state index is 0.161. The molecule has 0 aromatic heterocycles. The number of hydrogen-bond acceptors (Lipinski definition) is 5. The molecule has 0 aromatic carbocycles. The zero-order valence-corrected chi connectivity index (χ0v) is 18.9. The topological polar surface area (TPSA) is 113 Å². The predicted octanol–water partition coefficient (Wildman–Crippen LogP) is 3.61. The summed E-state index contributed by atoms with van der Waals surface area (Å²) in [6.45, 7) is 1.85. The number of rotatable bonds is 17. The number of carbonyl (C=O) groups excluding carboxylic acids is 1. The maximum absolute atomic E-state index is 11.9. The number of unbranched alkanes of at least 4 members (excludes halogenated alkanes) is 10. The minimum atomic E-state index is -1.13. The van der Waals surface area contributed by atoms with Crippen LogP contribution in [0.5, 0.6) is 0 Å². The van der Waals surface area contributed by atoms with Gasteiger partial charge >= 0.3 is 0 Å². The Morgan fingerprint density at radius 2 is 1.57 bits per heavy atom. The second-order valence-electron chi connectivity index (χ2n) is 8.72. The fraction of sp³-hybridized carbons (Fsp3) is 0.875. The highest BCUT2D eigenvalue weighted by molar-refractivity contribution is 5.77. The highest BCUT2D eigenvalue weighted by Crippen LogP contribution is 2.28. The Kier molecular flexibility index (Phi) is 15.1. The van der Waals surface area contributed by atoms with Crippen molar-refractivity contribution < 1.29 is 24.9 Å². The third-order valence-corrected chi connectivity index (χ3v) is 6.12. The molecule has 0 bridgehead atoms. The first-order valence-corrected chi connectivity index (χ1v) is 12.1. The highest BCUT2D eigenvalue weighted by atomic mass is 16.5. The van der Waals surface area contributed by atoms with E-state index in [-0.39, 0.29) is 6.42 Å². The smallest absolute Gasteiger partial charge is 0.223 e. The van der Waals surface area contributed by atoms with E-state index in [1.807, 2.05) is 0 Å². The van der Waals surface area contributed by atoms with E-state index in [0.717, 1.165) is 32.1 Å². The van der Waals surface area contributed by atoms with E-state index in [0.29, 0.717) is 6.42 Å². The van der Waals surface area contributed by atoms with Crippen LogP contribution in [0, 0.1) is 5.92 Å². The number of aliphatic hydroxyl groups is 3. The van der Waals surface area contributed by atoms with Crippen molar-refractivity contribution in [2.24, 2.45) is 11.7 Å². The molecule has 6 nitrogen and oxygen atoms in total. The molecule has 0 saturated carbocycles. The third-order valence-electron chi connectivity index (χ3n) is 6.12. The van der Waals surface area contributed by atoms with Gasteiger partial charge in [-0.25, -0.2) is 0 Å². The molecule has 0 aromatic rings. The van der Waals surface area contributed by atoms with Crippen LogP contribution in [0.4, 0.5) is 0 Å². The van der Waals surface area contributed by atoms with E-state index in [9.17, 15) is 20.1 Å². The van der Waals surface area contributed by atoms with Crippen LogP contribution in [0.2, 0.25) is 0 Å². The summed E-state index contributed by atoms with van der Waals surface area (Å²) in [5.41, 5.74) is 5.55. The zero-order valence-electron chi connectivity index (χ0n) is 18.9. The Bertz CT molecular complexity index is 471. The standard InChI is InChI=1S/C24H45NO5/c1-2-3-4-5-6-7-8-9-10-11-12-13-14-15-16-19(24(25)29)21-17-20(27)23(28)22(18-26)30-21/h9-10,19-23,26-28H,2-8,11-18H2,1H3,(H2,25,29)/b10-9-/t19?,20-,21?,22-,23+/m1/s1. The van der Waals surface area contributed by atoms with Gasteiger partial charge in [0.25, 0.3) is 0 Å². The van der Waals surface area contributed by atoms with Crippen LogP contribution in [-0.4, -0.2) is 52.2 Å². The van der Waals surface area contributed by atoms with Crippen molar-refractivity contribution in [2.75, 3.05) is 6.61 Å². The van der Waals surface area contributed by atoms with Gasteiger partial charge in [0.05, 0.1) is 24.7 Å². The molecular weight excluding hydrogens is 382 g/mol. The lowest BCUT2D eigenvalue weighted by molar-refractivity contribution is -0.193. The molecule has 176 valence electrons. The van der Waals surface area contributed by atoms with Crippen LogP contribution in [0.25, 0.3) is 0 Å². The molecule has 6 heteroatoms. The Morgan fingerprint density at radius 3 is 2.13 bits per heavy atom. The van der Waals surface area contributed by atoms with Crippen LogP contribution in [0.15, 0.2) is 12.2 Å². The van der Waals surface area contributed by atoms with Crippen molar-refractivity contribution in [2.45, 2.75) is 121 Å². The molecule has 1 aliphatic rings. The van der Waals surface area contributed by atoms with E-state index >= 15 is 0 Å². The average molecular weight is 428 g/mol. The van der Waals surface area contributed by atoms with E-state index in [1.54, 1.807) is 0 Å². The second-order valence-corrected chi connectivity index (χ2v) is 8.72. The van der Waals surface area contributed by atoms with Gasteiger partial charge in [0.2, 0.25) is 5.91 Å². The number of carbonyl (C=O) groups is 1. The molecule has 0 radical (unpaired) electrons. The fourth-order valence-corrected chi connectivity index (χ4v) is 4.17. The van der Waals surface area contributed by atoms with Gasteiger partial charge in [0, 0.05) is 6.42 Å². The van der Waals surface area contributed by atoms with Crippen molar-refractivity contribution in [1.29, 1.82) is 0 Å². The van der Waals surface area contributed by atoms with Crippen molar-refractivity contribution in [3.63, 3.8) is 0 Å². The van der Waals surface area contributed by atoms with Crippen LogP contribution in [0.3, 0.4) is 0 Å². The van der Waals surface area contributed by atoms with Gasteiger partial charge in [-0.15, -0.1) is 0 Å². The number of allylic oxidation sites excluding steroid dienone is 2. The van der Waals surface area contributed by atoms with Crippen molar-refractivity contribution in [1.82, 2.24) is 0 Å². The Morgan fingerprint density at radius 1 is 1.00 bits per heavy atom. The normalized spacial score (nSPS) is 25.6. The molecule has 2 unspecified atom stereocenters. The van der Waals surface area contributed by atoms with Gasteiger partial charge in [-0.05, 0) is 32.1 Å². The second kappa shape index (κ2) is 16.7. The molecule has 1 amide bonds. The van der Waals surface area contributed by atoms with Gasteiger partial charge in [-0.3, -0.25) is 4.79 Å². The molecule has 1 saturated heterocycles. The largest absolute Gasteiger partial charge is 0.394 e. The van der Waals surface area contributed by atoms with E-state index in [2.05, 4.69) is 19.1 Å². The summed E-state index contributed by atoms with van der Waals surface area (Å²) < 4.78 is 5.64. The molecule has 1 fully saturated rings. The highest BCUT2D eigenvalue weighted by Gasteiger charge is 2.40. The molecule has 1 aliphatic heterocycles. The summed E-state index contributed by atoms with van der Waals surface area (Å²) in [7, 11) is 0. The maximum Gasteiger partial charge on any atom is 0.223 e. The first-order chi connectivity index (χ1) is 14.5. The lowest BCUT2D eigenvalue weighted by Gasteiger charge is -2.39.